The second-order valence-corrected chi connectivity index (χ2v) is 5.17. The minimum atomic E-state index is -3.30. The van der Waals surface area contributed by atoms with Crippen molar-refractivity contribution in [2.24, 2.45) is 5.73 Å². The maximum absolute atomic E-state index is 11.5. The van der Waals surface area contributed by atoms with Gasteiger partial charge in [-0.2, -0.15) is 0 Å². The summed E-state index contributed by atoms with van der Waals surface area (Å²) in [4.78, 5) is 10.9. The van der Waals surface area contributed by atoms with Crippen molar-refractivity contribution in [2.45, 2.75) is 11.3 Å². The molecule has 2 rings (SSSR count). The standard InChI is InChI=1S/C10H9NO3S/c11-10(12)6-7-1-2-8-3-4-15(13,14)9(8)5-7/h1-5H,6H2,(H2,11,12). The predicted molar refractivity (Wildman–Crippen MR) is 55.6 cm³/mol. The second-order valence-electron chi connectivity index (χ2n) is 3.36. The summed E-state index contributed by atoms with van der Waals surface area (Å²) in [5.41, 5.74) is 6.31. The van der Waals surface area contributed by atoms with Crippen LogP contribution in [0.5, 0.6) is 0 Å². The van der Waals surface area contributed by atoms with E-state index in [9.17, 15) is 13.2 Å². The highest BCUT2D eigenvalue weighted by atomic mass is 32.2. The van der Waals surface area contributed by atoms with Crippen molar-refractivity contribution < 1.29 is 13.2 Å². The quantitative estimate of drug-likeness (QED) is 0.791. The molecule has 1 heterocycles. The Kier molecular flexibility index (Phi) is 2.12. The third-order valence-corrected chi connectivity index (χ3v) is 3.65. The van der Waals surface area contributed by atoms with E-state index in [-0.39, 0.29) is 11.3 Å². The van der Waals surface area contributed by atoms with Crippen molar-refractivity contribution in [1.29, 1.82) is 0 Å². The van der Waals surface area contributed by atoms with Gasteiger partial charge in [0.25, 0.3) is 0 Å². The van der Waals surface area contributed by atoms with Crippen LogP contribution in [0.15, 0.2) is 28.5 Å². The van der Waals surface area contributed by atoms with Crippen LogP contribution in [0.4, 0.5) is 0 Å². The smallest absolute Gasteiger partial charge is 0.221 e. The predicted octanol–water partition coefficient (Wildman–Crippen LogP) is 0.472. The zero-order chi connectivity index (χ0) is 11.1. The van der Waals surface area contributed by atoms with Crippen LogP contribution in [0, 0.1) is 0 Å². The number of nitrogens with two attached hydrogens (primary N) is 1. The summed E-state index contributed by atoms with van der Waals surface area (Å²) in [5, 5.41) is 1.16. The molecule has 1 amide bonds. The number of fused-ring (bicyclic) bond motifs is 1. The fourth-order valence-electron chi connectivity index (χ4n) is 1.51. The Hall–Kier alpha value is -1.62. The average molecular weight is 223 g/mol. The molecule has 0 atom stereocenters. The van der Waals surface area contributed by atoms with Crippen molar-refractivity contribution >= 4 is 21.8 Å². The van der Waals surface area contributed by atoms with Gasteiger partial charge < -0.3 is 5.73 Å². The Balaban J connectivity index is 2.49. The summed E-state index contributed by atoms with van der Waals surface area (Å²) in [6, 6.07) is 4.87. The number of hydrogen-bond donors (Lipinski definition) is 1. The molecule has 5 heteroatoms. The maximum atomic E-state index is 11.5. The highest BCUT2D eigenvalue weighted by Crippen LogP contribution is 2.27. The molecule has 0 spiro atoms. The van der Waals surface area contributed by atoms with Crippen molar-refractivity contribution in [1.82, 2.24) is 0 Å². The van der Waals surface area contributed by atoms with Crippen LogP contribution in [0.2, 0.25) is 0 Å². The third kappa shape index (κ3) is 1.78. The topological polar surface area (TPSA) is 77.2 Å². The normalized spacial score (nSPS) is 16.3. The van der Waals surface area contributed by atoms with Crippen molar-refractivity contribution in [2.75, 3.05) is 0 Å². The summed E-state index contributed by atoms with van der Waals surface area (Å²) in [7, 11) is -3.30. The fourth-order valence-corrected chi connectivity index (χ4v) is 2.76. The molecule has 1 aromatic carbocycles. The van der Waals surface area contributed by atoms with E-state index in [0.29, 0.717) is 11.1 Å². The van der Waals surface area contributed by atoms with E-state index in [2.05, 4.69) is 0 Å². The molecular formula is C10H9NO3S. The summed E-state index contributed by atoms with van der Waals surface area (Å²) >= 11 is 0. The molecule has 1 aliphatic heterocycles. The Labute approximate surface area is 87.3 Å². The van der Waals surface area contributed by atoms with E-state index in [1.54, 1.807) is 18.2 Å². The van der Waals surface area contributed by atoms with Crippen LogP contribution in [0.3, 0.4) is 0 Å². The Morgan fingerprint density at radius 1 is 1.33 bits per heavy atom. The van der Waals surface area contributed by atoms with Crippen LogP contribution < -0.4 is 5.73 Å². The van der Waals surface area contributed by atoms with E-state index < -0.39 is 15.7 Å². The van der Waals surface area contributed by atoms with Crippen LogP contribution in [-0.2, 0) is 21.1 Å². The van der Waals surface area contributed by atoms with Gasteiger partial charge in [0.15, 0.2) is 9.84 Å². The number of benzene rings is 1. The number of rotatable bonds is 2. The Morgan fingerprint density at radius 3 is 2.73 bits per heavy atom. The minimum Gasteiger partial charge on any atom is -0.369 e. The molecule has 0 aliphatic carbocycles. The van der Waals surface area contributed by atoms with Gasteiger partial charge in [0.05, 0.1) is 11.3 Å². The lowest BCUT2D eigenvalue weighted by Crippen LogP contribution is -2.13. The van der Waals surface area contributed by atoms with Gasteiger partial charge >= 0.3 is 0 Å². The number of carbonyl (C=O) groups is 1. The van der Waals surface area contributed by atoms with Crippen LogP contribution in [0.1, 0.15) is 11.1 Å². The van der Waals surface area contributed by atoms with Crippen LogP contribution in [0.25, 0.3) is 6.08 Å². The van der Waals surface area contributed by atoms with E-state index in [1.807, 2.05) is 0 Å². The largest absolute Gasteiger partial charge is 0.369 e. The molecule has 4 nitrogen and oxygen atoms in total. The molecule has 0 aromatic heterocycles. The molecule has 2 N–H and O–H groups in total. The maximum Gasteiger partial charge on any atom is 0.221 e. The van der Waals surface area contributed by atoms with Gasteiger partial charge in [-0.3, -0.25) is 4.79 Å². The van der Waals surface area contributed by atoms with Crippen molar-refractivity contribution in [3.8, 4) is 0 Å². The van der Waals surface area contributed by atoms with E-state index in [0.717, 1.165) is 5.41 Å². The average Bonchev–Trinajstić information content (AvgIpc) is 2.42. The summed E-state index contributed by atoms with van der Waals surface area (Å²) < 4.78 is 23.0. The van der Waals surface area contributed by atoms with E-state index >= 15 is 0 Å². The third-order valence-electron chi connectivity index (χ3n) is 2.19. The second kappa shape index (κ2) is 3.20. The van der Waals surface area contributed by atoms with Gasteiger partial charge in [-0.1, -0.05) is 12.1 Å². The van der Waals surface area contributed by atoms with Crippen LogP contribution >= 0.6 is 0 Å². The summed E-state index contributed by atoms with van der Waals surface area (Å²) in [5.74, 6) is -0.474. The number of hydrogen-bond acceptors (Lipinski definition) is 3. The number of amides is 1. The van der Waals surface area contributed by atoms with Gasteiger partial charge in [0.2, 0.25) is 5.91 Å². The first-order chi connectivity index (χ1) is 6.99. The van der Waals surface area contributed by atoms with Gasteiger partial charge in [-0.25, -0.2) is 8.42 Å². The minimum absolute atomic E-state index is 0.0583. The Bertz CT molecular complexity index is 558. The van der Waals surface area contributed by atoms with Gasteiger partial charge in [0.1, 0.15) is 0 Å². The number of sulfone groups is 1. The molecule has 0 radical (unpaired) electrons. The van der Waals surface area contributed by atoms with E-state index in [4.69, 9.17) is 5.73 Å². The molecule has 0 saturated heterocycles. The fraction of sp³-hybridized carbons (Fsp3) is 0.100. The van der Waals surface area contributed by atoms with Crippen molar-refractivity contribution in [3.05, 3.63) is 34.7 Å². The molecule has 0 fully saturated rings. The highest BCUT2D eigenvalue weighted by Gasteiger charge is 2.20. The first-order valence-electron chi connectivity index (χ1n) is 4.33. The lowest BCUT2D eigenvalue weighted by molar-refractivity contribution is -0.117. The van der Waals surface area contributed by atoms with Gasteiger partial charge in [-0.15, -0.1) is 0 Å². The molecular weight excluding hydrogens is 214 g/mol. The summed E-state index contributed by atoms with van der Waals surface area (Å²) in [6.45, 7) is 0. The lowest BCUT2D eigenvalue weighted by Gasteiger charge is -2.02. The molecule has 1 aliphatic rings. The molecule has 15 heavy (non-hydrogen) atoms. The molecule has 1 aromatic rings. The van der Waals surface area contributed by atoms with E-state index in [1.165, 1.54) is 6.07 Å². The van der Waals surface area contributed by atoms with Crippen LogP contribution in [-0.4, -0.2) is 14.3 Å². The monoisotopic (exact) mass is 223 g/mol. The summed E-state index contributed by atoms with van der Waals surface area (Å²) in [6.07, 6.45) is 1.60. The zero-order valence-corrected chi connectivity index (χ0v) is 8.62. The number of primary amides is 1. The zero-order valence-electron chi connectivity index (χ0n) is 7.80. The Morgan fingerprint density at radius 2 is 2.07 bits per heavy atom. The van der Waals surface area contributed by atoms with Gasteiger partial charge in [0, 0.05) is 5.41 Å². The first kappa shape index (κ1) is 9.92. The SMILES string of the molecule is NC(=O)Cc1ccc2c(c1)S(=O)(=O)C=C2. The lowest BCUT2D eigenvalue weighted by atomic mass is 10.1. The molecule has 0 unspecified atom stereocenters. The van der Waals surface area contributed by atoms with Gasteiger partial charge in [-0.05, 0) is 23.3 Å². The van der Waals surface area contributed by atoms with Crippen molar-refractivity contribution in [3.63, 3.8) is 0 Å². The number of carbonyl (C=O) groups excluding carboxylic acids is 1. The first-order valence-corrected chi connectivity index (χ1v) is 5.88. The molecule has 0 saturated carbocycles. The molecule has 78 valence electrons. The molecule has 0 bridgehead atoms. The highest BCUT2D eigenvalue weighted by molar-refractivity contribution is 7.94.